The molecule has 1 aliphatic heterocycles. The Balaban J connectivity index is 2.05. The average molecular weight is 352 g/mol. The van der Waals surface area contributed by atoms with E-state index in [0.29, 0.717) is 16.6 Å². The van der Waals surface area contributed by atoms with Crippen LogP contribution in [0.4, 0.5) is 0 Å². The van der Waals surface area contributed by atoms with Gasteiger partial charge in [0.1, 0.15) is 6.04 Å². The Hall–Kier alpha value is -1.59. The van der Waals surface area contributed by atoms with Crippen molar-refractivity contribution >= 4 is 23.4 Å². The summed E-state index contributed by atoms with van der Waals surface area (Å²) in [5.74, 6) is -0.316. The first kappa shape index (κ1) is 18.7. The zero-order valence-corrected chi connectivity index (χ0v) is 15.3. The second-order valence-corrected chi connectivity index (χ2v) is 6.97. The molecule has 1 heterocycles. The van der Waals surface area contributed by atoms with E-state index in [1.54, 1.807) is 24.3 Å². The van der Waals surface area contributed by atoms with Crippen molar-refractivity contribution in [3.05, 3.63) is 34.9 Å². The van der Waals surface area contributed by atoms with Crippen LogP contribution in [0.25, 0.3) is 0 Å². The molecule has 1 aromatic rings. The Morgan fingerprint density at radius 3 is 2.38 bits per heavy atom. The zero-order valence-electron chi connectivity index (χ0n) is 14.5. The molecule has 1 saturated heterocycles. The quantitative estimate of drug-likeness (QED) is 0.855. The molecule has 0 bridgehead atoms. The molecule has 0 saturated carbocycles. The molecule has 0 aromatic heterocycles. The summed E-state index contributed by atoms with van der Waals surface area (Å²) in [4.78, 5) is 27.2. The van der Waals surface area contributed by atoms with Gasteiger partial charge in [-0.1, -0.05) is 37.6 Å². The van der Waals surface area contributed by atoms with Gasteiger partial charge in [0.2, 0.25) is 5.91 Å². The SMILES string of the molecule is CNC1CCN(C(=O)C(NC(=O)c2ccccc2Cl)C(C)C)CC1. The number of nitrogens with zero attached hydrogens (tertiary/aromatic N) is 1. The van der Waals surface area contributed by atoms with Crippen molar-refractivity contribution in [2.75, 3.05) is 20.1 Å². The molecule has 0 spiro atoms. The lowest BCUT2D eigenvalue weighted by atomic mass is 9.99. The van der Waals surface area contributed by atoms with E-state index >= 15 is 0 Å². The number of carbonyl (C=O) groups is 2. The van der Waals surface area contributed by atoms with Crippen LogP contribution in [0.15, 0.2) is 24.3 Å². The van der Waals surface area contributed by atoms with Gasteiger partial charge in [-0.15, -0.1) is 0 Å². The van der Waals surface area contributed by atoms with E-state index in [1.807, 2.05) is 25.8 Å². The molecule has 2 rings (SSSR count). The Labute approximate surface area is 148 Å². The number of nitrogens with one attached hydrogen (secondary N) is 2. The summed E-state index contributed by atoms with van der Waals surface area (Å²) in [6.07, 6.45) is 1.87. The van der Waals surface area contributed by atoms with Gasteiger partial charge in [-0.05, 0) is 37.9 Å². The molecule has 5 nitrogen and oxygen atoms in total. The third-order valence-electron chi connectivity index (χ3n) is 4.55. The van der Waals surface area contributed by atoms with Crippen molar-refractivity contribution in [2.45, 2.75) is 38.8 Å². The highest BCUT2D eigenvalue weighted by Crippen LogP contribution is 2.17. The summed E-state index contributed by atoms with van der Waals surface area (Å²) < 4.78 is 0. The number of hydrogen-bond acceptors (Lipinski definition) is 3. The number of amides is 2. The minimum atomic E-state index is -0.542. The van der Waals surface area contributed by atoms with E-state index in [9.17, 15) is 9.59 Å². The highest BCUT2D eigenvalue weighted by molar-refractivity contribution is 6.33. The fraction of sp³-hybridized carbons (Fsp3) is 0.556. The normalized spacial score (nSPS) is 17.0. The molecule has 0 radical (unpaired) electrons. The number of rotatable bonds is 5. The number of benzene rings is 1. The van der Waals surface area contributed by atoms with Crippen molar-refractivity contribution in [2.24, 2.45) is 5.92 Å². The van der Waals surface area contributed by atoms with E-state index in [1.165, 1.54) is 0 Å². The van der Waals surface area contributed by atoms with Crippen LogP contribution < -0.4 is 10.6 Å². The van der Waals surface area contributed by atoms with Crippen molar-refractivity contribution in [1.82, 2.24) is 15.5 Å². The molecule has 24 heavy (non-hydrogen) atoms. The number of piperidine rings is 1. The maximum Gasteiger partial charge on any atom is 0.253 e. The summed E-state index contributed by atoms with van der Waals surface area (Å²) in [5, 5.41) is 6.51. The van der Waals surface area contributed by atoms with Gasteiger partial charge in [-0.2, -0.15) is 0 Å². The van der Waals surface area contributed by atoms with Crippen LogP contribution in [-0.4, -0.2) is 48.9 Å². The van der Waals surface area contributed by atoms with Gasteiger partial charge in [0.05, 0.1) is 10.6 Å². The van der Waals surface area contributed by atoms with Gasteiger partial charge >= 0.3 is 0 Å². The number of halogens is 1. The zero-order chi connectivity index (χ0) is 17.7. The minimum Gasteiger partial charge on any atom is -0.341 e. The van der Waals surface area contributed by atoms with E-state index in [-0.39, 0.29) is 17.7 Å². The molecule has 6 heteroatoms. The average Bonchev–Trinajstić information content (AvgIpc) is 2.59. The first-order chi connectivity index (χ1) is 11.4. The molecular formula is C18H26ClN3O2. The monoisotopic (exact) mass is 351 g/mol. The first-order valence-electron chi connectivity index (χ1n) is 8.45. The van der Waals surface area contributed by atoms with E-state index in [0.717, 1.165) is 25.9 Å². The molecule has 1 aliphatic rings. The van der Waals surface area contributed by atoms with Crippen LogP contribution >= 0.6 is 11.6 Å². The van der Waals surface area contributed by atoms with Crippen molar-refractivity contribution in [1.29, 1.82) is 0 Å². The first-order valence-corrected chi connectivity index (χ1v) is 8.83. The molecule has 0 aliphatic carbocycles. The predicted octanol–water partition coefficient (Wildman–Crippen LogP) is 2.30. The van der Waals surface area contributed by atoms with Crippen LogP contribution in [0, 0.1) is 5.92 Å². The summed E-state index contributed by atoms with van der Waals surface area (Å²) in [7, 11) is 1.95. The number of hydrogen-bond donors (Lipinski definition) is 2. The van der Waals surface area contributed by atoms with E-state index in [4.69, 9.17) is 11.6 Å². The highest BCUT2D eigenvalue weighted by Gasteiger charge is 2.31. The maximum atomic E-state index is 12.8. The van der Waals surface area contributed by atoms with Crippen molar-refractivity contribution in [3.63, 3.8) is 0 Å². The van der Waals surface area contributed by atoms with Gasteiger partial charge in [0, 0.05) is 19.1 Å². The standard InChI is InChI=1S/C18H26ClN3O2/c1-12(2)16(18(24)22-10-8-13(20-3)9-11-22)21-17(23)14-6-4-5-7-15(14)19/h4-7,12-13,16,20H,8-11H2,1-3H3,(H,21,23). The van der Waals surface area contributed by atoms with Crippen LogP contribution in [0.3, 0.4) is 0 Å². The molecule has 132 valence electrons. The third kappa shape index (κ3) is 4.48. The summed E-state index contributed by atoms with van der Waals surface area (Å²) in [5.41, 5.74) is 0.395. The van der Waals surface area contributed by atoms with Gasteiger partial charge in [0.15, 0.2) is 0 Å². The maximum absolute atomic E-state index is 12.8. The lowest BCUT2D eigenvalue weighted by molar-refractivity contribution is -0.135. The molecule has 1 unspecified atom stereocenters. The molecule has 1 fully saturated rings. The lowest BCUT2D eigenvalue weighted by Gasteiger charge is -2.35. The van der Waals surface area contributed by atoms with Crippen molar-refractivity contribution < 1.29 is 9.59 Å². The summed E-state index contributed by atoms with van der Waals surface area (Å²) >= 11 is 6.08. The van der Waals surface area contributed by atoms with Gasteiger partial charge in [-0.3, -0.25) is 9.59 Å². The largest absolute Gasteiger partial charge is 0.341 e. The van der Waals surface area contributed by atoms with Crippen LogP contribution in [0.2, 0.25) is 5.02 Å². The second kappa shape index (κ2) is 8.49. The van der Waals surface area contributed by atoms with Crippen LogP contribution in [0.5, 0.6) is 0 Å². The van der Waals surface area contributed by atoms with Gasteiger partial charge in [0.25, 0.3) is 5.91 Å². The number of likely N-dealkylation sites (tertiary alicyclic amines) is 1. The Morgan fingerprint density at radius 1 is 1.21 bits per heavy atom. The lowest BCUT2D eigenvalue weighted by Crippen LogP contribution is -2.54. The van der Waals surface area contributed by atoms with Crippen LogP contribution in [-0.2, 0) is 4.79 Å². The van der Waals surface area contributed by atoms with Gasteiger partial charge in [-0.25, -0.2) is 0 Å². The molecule has 2 N–H and O–H groups in total. The van der Waals surface area contributed by atoms with Gasteiger partial charge < -0.3 is 15.5 Å². The van der Waals surface area contributed by atoms with Crippen LogP contribution in [0.1, 0.15) is 37.0 Å². The Morgan fingerprint density at radius 2 is 1.83 bits per heavy atom. The third-order valence-corrected chi connectivity index (χ3v) is 4.88. The summed E-state index contributed by atoms with van der Waals surface area (Å²) in [6.45, 7) is 5.32. The fourth-order valence-corrected chi connectivity index (χ4v) is 3.18. The fourth-order valence-electron chi connectivity index (χ4n) is 2.96. The predicted molar refractivity (Wildman–Crippen MR) is 96.2 cm³/mol. The number of carbonyl (C=O) groups excluding carboxylic acids is 2. The smallest absolute Gasteiger partial charge is 0.253 e. The highest BCUT2D eigenvalue weighted by atomic mass is 35.5. The Kier molecular flexibility index (Phi) is 6.63. The molecule has 2 amide bonds. The topological polar surface area (TPSA) is 61.4 Å². The molecule has 1 aromatic carbocycles. The molecular weight excluding hydrogens is 326 g/mol. The minimum absolute atomic E-state index is 0.00552. The van der Waals surface area contributed by atoms with E-state index in [2.05, 4.69) is 10.6 Å². The second-order valence-electron chi connectivity index (χ2n) is 6.56. The summed E-state index contributed by atoms with van der Waals surface area (Å²) in [6, 6.07) is 6.79. The molecule has 1 atom stereocenters. The Bertz CT molecular complexity index is 583. The van der Waals surface area contributed by atoms with E-state index < -0.39 is 6.04 Å². The van der Waals surface area contributed by atoms with Crippen molar-refractivity contribution in [3.8, 4) is 0 Å².